The number of likely N-dealkylation sites (tertiary alicyclic amines) is 1. The van der Waals surface area contributed by atoms with Crippen LogP contribution >= 0.6 is 0 Å². The summed E-state index contributed by atoms with van der Waals surface area (Å²) in [6, 6.07) is 0.666. The summed E-state index contributed by atoms with van der Waals surface area (Å²) in [5, 5.41) is 7.57. The summed E-state index contributed by atoms with van der Waals surface area (Å²) in [4.78, 5) is 4.63. The Kier molecular flexibility index (Phi) is 4.54. The zero-order chi connectivity index (χ0) is 11.4. The molecule has 0 spiro atoms. The largest absolute Gasteiger partial charge is 0.386 e. The smallest absolute Gasteiger partial charge is 0.108 e. The molecule has 2 unspecified atom stereocenters. The van der Waals surface area contributed by atoms with E-state index < -0.39 is 0 Å². The Morgan fingerprint density at radius 3 is 2.80 bits per heavy atom. The maximum Gasteiger partial charge on any atom is 0.108 e. The van der Waals surface area contributed by atoms with Gasteiger partial charge in [0.1, 0.15) is 5.84 Å². The van der Waals surface area contributed by atoms with Crippen LogP contribution in [-0.4, -0.2) is 54.9 Å². The molecule has 88 valence electrons. The van der Waals surface area contributed by atoms with Gasteiger partial charge in [-0.2, -0.15) is 0 Å². The summed E-state index contributed by atoms with van der Waals surface area (Å²) in [5.74, 6) is 0.299. The molecule has 1 fully saturated rings. The monoisotopic (exact) mass is 212 g/mol. The quantitative estimate of drug-likeness (QED) is 0.533. The number of nitrogens with one attached hydrogen (secondary N) is 1. The molecule has 0 bridgehead atoms. The molecule has 4 heteroatoms. The fraction of sp³-hybridized carbons (Fsp3) is 0.909. The number of amidine groups is 1. The lowest BCUT2D eigenvalue weighted by atomic mass is 10.0. The summed E-state index contributed by atoms with van der Waals surface area (Å²) < 4.78 is 0. The van der Waals surface area contributed by atoms with Crippen LogP contribution in [0.4, 0.5) is 0 Å². The van der Waals surface area contributed by atoms with Crippen molar-refractivity contribution in [2.45, 2.75) is 38.3 Å². The van der Waals surface area contributed by atoms with Crippen molar-refractivity contribution >= 4 is 5.84 Å². The molecular formula is C11H24N4. The standard InChI is InChI=1S/C11H24N4/c1-4-10(11(12)13)15(3)9-6-5-7-14(2)8-9/h9-10H,4-8H2,1-3H3,(H3,12,13). The van der Waals surface area contributed by atoms with E-state index in [-0.39, 0.29) is 6.04 Å². The molecule has 1 aliphatic heterocycles. The van der Waals surface area contributed by atoms with E-state index in [1.165, 1.54) is 19.4 Å². The average Bonchev–Trinajstić information content (AvgIpc) is 2.18. The molecule has 1 heterocycles. The fourth-order valence-corrected chi connectivity index (χ4v) is 2.45. The van der Waals surface area contributed by atoms with Crippen LogP contribution in [0.3, 0.4) is 0 Å². The Morgan fingerprint density at radius 1 is 1.67 bits per heavy atom. The number of likely N-dealkylation sites (N-methyl/N-ethyl adjacent to an activating group) is 2. The van der Waals surface area contributed by atoms with E-state index in [4.69, 9.17) is 11.1 Å². The number of hydrogen-bond acceptors (Lipinski definition) is 3. The third kappa shape index (κ3) is 3.18. The van der Waals surface area contributed by atoms with Crippen molar-refractivity contribution in [3.05, 3.63) is 0 Å². The van der Waals surface area contributed by atoms with E-state index in [0.29, 0.717) is 11.9 Å². The van der Waals surface area contributed by atoms with Crippen molar-refractivity contribution in [2.75, 3.05) is 27.2 Å². The number of hydrogen-bond donors (Lipinski definition) is 2. The van der Waals surface area contributed by atoms with Crippen LogP contribution in [0.25, 0.3) is 0 Å². The molecule has 1 aliphatic rings. The van der Waals surface area contributed by atoms with Crippen molar-refractivity contribution < 1.29 is 0 Å². The molecule has 1 saturated heterocycles. The Bertz CT molecular complexity index is 217. The minimum atomic E-state index is 0.112. The van der Waals surface area contributed by atoms with Gasteiger partial charge in [0, 0.05) is 12.6 Å². The highest BCUT2D eigenvalue weighted by molar-refractivity contribution is 5.82. The van der Waals surface area contributed by atoms with Gasteiger partial charge < -0.3 is 10.6 Å². The third-order valence-electron chi connectivity index (χ3n) is 3.41. The molecule has 0 aromatic heterocycles. The number of rotatable bonds is 4. The van der Waals surface area contributed by atoms with E-state index in [0.717, 1.165) is 13.0 Å². The van der Waals surface area contributed by atoms with E-state index >= 15 is 0 Å². The minimum absolute atomic E-state index is 0.112. The van der Waals surface area contributed by atoms with Crippen molar-refractivity contribution in [3.63, 3.8) is 0 Å². The summed E-state index contributed by atoms with van der Waals surface area (Å²) >= 11 is 0. The van der Waals surface area contributed by atoms with Crippen LogP contribution in [0.2, 0.25) is 0 Å². The second kappa shape index (κ2) is 5.47. The molecule has 1 rings (SSSR count). The van der Waals surface area contributed by atoms with Gasteiger partial charge in [-0.05, 0) is 39.9 Å². The van der Waals surface area contributed by atoms with E-state index in [1.54, 1.807) is 0 Å². The molecule has 0 aliphatic carbocycles. The van der Waals surface area contributed by atoms with Gasteiger partial charge in [0.05, 0.1) is 6.04 Å². The lowest BCUT2D eigenvalue weighted by Crippen LogP contribution is -2.52. The first-order chi connectivity index (χ1) is 7.06. The number of piperidine rings is 1. The molecule has 0 amide bonds. The molecule has 0 aromatic rings. The predicted octanol–water partition coefficient (Wildman–Crippen LogP) is 0.727. The van der Waals surface area contributed by atoms with Crippen LogP contribution < -0.4 is 5.73 Å². The number of nitrogens with zero attached hydrogens (tertiary/aromatic N) is 2. The van der Waals surface area contributed by atoms with Crippen molar-refractivity contribution in [3.8, 4) is 0 Å². The SMILES string of the molecule is CCC(C(=N)N)N(C)C1CCCN(C)C1. The first-order valence-electron chi connectivity index (χ1n) is 5.80. The lowest BCUT2D eigenvalue weighted by molar-refractivity contribution is 0.118. The van der Waals surface area contributed by atoms with E-state index in [2.05, 4.69) is 30.8 Å². The van der Waals surface area contributed by atoms with Gasteiger partial charge in [0.25, 0.3) is 0 Å². The molecular weight excluding hydrogens is 188 g/mol. The van der Waals surface area contributed by atoms with Gasteiger partial charge >= 0.3 is 0 Å². The van der Waals surface area contributed by atoms with Crippen LogP contribution in [0.5, 0.6) is 0 Å². The highest BCUT2D eigenvalue weighted by Crippen LogP contribution is 2.16. The molecule has 0 saturated carbocycles. The second-order valence-corrected chi connectivity index (χ2v) is 4.60. The average molecular weight is 212 g/mol. The first-order valence-corrected chi connectivity index (χ1v) is 5.80. The number of nitrogens with two attached hydrogens (primary N) is 1. The highest BCUT2D eigenvalue weighted by atomic mass is 15.2. The molecule has 4 nitrogen and oxygen atoms in total. The zero-order valence-electron chi connectivity index (χ0n) is 10.2. The maximum absolute atomic E-state index is 7.57. The zero-order valence-corrected chi connectivity index (χ0v) is 10.2. The summed E-state index contributed by atoms with van der Waals surface area (Å²) in [6.45, 7) is 4.39. The summed E-state index contributed by atoms with van der Waals surface area (Å²) in [6.07, 6.45) is 3.40. The molecule has 2 atom stereocenters. The van der Waals surface area contributed by atoms with Crippen LogP contribution in [0.1, 0.15) is 26.2 Å². The highest BCUT2D eigenvalue weighted by Gasteiger charge is 2.26. The normalized spacial score (nSPS) is 25.5. The Hall–Kier alpha value is -0.610. The topological polar surface area (TPSA) is 56.4 Å². The van der Waals surface area contributed by atoms with Crippen LogP contribution in [0, 0.1) is 5.41 Å². The van der Waals surface area contributed by atoms with Gasteiger partial charge in [0.2, 0.25) is 0 Å². The van der Waals surface area contributed by atoms with Gasteiger partial charge in [0.15, 0.2) is 0 Å². The van der Waals surface area contributed by atoms with Crippen LogP contribution in [0.15, 0.2) is 0 Å². The predicted molar refractivity (Wildman–Crippen MR) is 64.3 cm³/mol. The van der Waals surface area contributed by atoms with Crippen molar-refractivity contribution in [1.82, 2.24) is 9.80 Å². The maximum atomic E-state index is 7.57. The minimum Gasteiger partial charge on any atom is -0.386 e. The van der Waals surface area contributed by atoms with Gasteiger partial charge in [-0.3, -0.25) is 10.3 Å². The molecule has 0 aromatic carbocycles. The molecule has 0 radical (unpaired) electrons. The van der Waals surface area contributed by atoms with Crippen molar-refractivity contribution in [1.29, 1.82) is 5.41 Å². The van der Waals surface area contributed by atoms with Crippen molar-refractivity contribution in [2.24, 2.45) is 5.73 Å². The first kappa shape index (κ1) is 12.5. The van der Waals surface area contributed by atoms with Gasteiger partial charge in [-0.1, -0.05) is 6.92 Å². The lowest BCUT2D eigenvalue weighted by Gasteiger charge is -2.39. The Morgan fingerprint density at radius 2 is 2.33 bits per heavy atom. The molecule has 15 heavy (non-hydrogen) atoms. The Balaban J connectivity index is 2.57. The van der Waals surface area contributed by atoms with Crippen LogP contribution in [-0.2, 0) is 0 Å². The second-order valence-electron chi connectivity index (χ2n) is 4.60. The summed E-state index contributed by atoms with van der Waals surface area (Å²) in [5.41, 5.74) is 5.62. The Labute approximate surface area is 92.9 Å². The van der Waals surface area contributed by atoms with Gasteiger partial charge in [-0.25, -0.2) is 0 Å². The molecule has 3 N–H and O–H groups in total. The van der Waals surface area contributed by atoms with Gasteiger partial charge in [-0.15, -0.1) is 0 Å². The van der Waals surface area contributed by atoms with E-state index in [9.17, 15) is 0 Å². The summed E-state index contributed by atoms with van der Waals surface area (Å²) in [7, 11) is 4.26. The van der Waals surface area contributed by atoms with E-state index in [1.807, 2.05) is 0 Å². The fourth-order valence-electron chi connectivity index (χ4n) is 2.45. The third-order valence-corrected chi connectivity index (χ3v) is 3.41.